The minimum Gasteiger partial charge on any atom is -0.486 e. The maximum absolute atomic E-state index is 12.5. The SMILES string of the molecule is CC(N)C1CCN(C(=O)Cc2cc(Cl)c3c(c2)OCCO3)CC1. The molecule has 1 atom stereocenters. The molecule has 1 unspecified atom stereocenters. The van der Waals surface area contributed by atoms with Gasteiger partial charge in [0, 0.05) is 19.1 Å². The fourth-order valence-electron chi connectivity index (χ4n) is 3.23. The summed E-state index contributed by atoms with van der Waals surface area (Å²) in [5, 5.41) is 0.501. The smallest absolute Gasteiger partial charge is 0.226 e. The highest BCUT2D eigenvalue weighted by Crippen LogP contribution is 2.38. The van der Waals surface area contributed by atoms with Crippen molar-refractivity contribution in [3.63, 3.8) is 0 Å². The van der Waals surface area contributed by atoms with Gasteiger partial charge in [-0.3, -0.25) is 4.79 Å². The van der Waals surface area contributed by atoms with Crippen molar-refractivity contribution in [2.75, 3.05) is 26.3 Å². The third kappa shape index (κ3) is 3.72. The Balaban J connectivity index is 1.63. The average molecular weight is 339 g/mol. The zero-order valence-corrected chi connectivity index (χ0v) is 14.1. The van der Waals surface area contributed by atoms with Crippen LogP contribution in [-0.2, 0) is 11.2 Å². The number of nitrogens with two attached hydrogens (primary N) is 1. The number of hydrogen-bond donors (Lipinski definition) is 1. The van der Waals surface area contributed by atoms with Crippen LogP contribution in [0.1, 0.15) is 25.3 Å². The second kappa shape index (κ2) is 6.97. The Bertz CT molecular complexity index is 583. The zero-order valence-electron chi connectivity index (χ0n) is 13.4. The molecule has 2 heterocycles. The molecule has 23 heavy (non-hydrogen) atoms. The number of piperidine rings is 1. The average Bonchev–Trinajstić information content (AvgIpc) is 2.55. The topological polar surface area (TPSA) is 64.8 Å². The first-order valence-corrected chi connectivity index (χ1v) is 8.54. The quantitative estimate of drug-likeness (QED) is 0.918. The Morgan fingerprint density at radius 2 is 2.04 bits per heavy atom. The predicted octanol–water partition coefficient (Wildman–Crippen LogP) is 2.24. The molecule has 1 fully saturated rings. The number of carbonyl (C=O) groups is 1. The van der Waals surface area contributed by atoms with Crippen LogP contribution in [0.25, 0.3) is 0 Å². The van der Waals surface area contributed by atoms with Gasteiger partial charge in [0.2, 0.25) is 5.91 Å². The van der Waals surface area contributed by atoms with Crippen LogP contribution in [0.3, 0.4) is 0 Å². The maximum Gasteiger partial charge on any atom is 0.226 e. The molecule has 0 saturated carbocycles. The van der Waals surface area contributed by atoms with E-state index in [0.29, 0.717) is 42.1 Å². The lowest BCUT2D eigenvalue weighted by Gasteiger charge is -2.33. The largest absolute Gasteiger partial charge is 0.486 e. The number of ether oxygens (including phenoxy) is 2. The molecule has 2 N–H and O–H groups in total. The summed E-state index contributed by atoms with van der Waals surface area (Å²) in [6, 6.07) is 3.85. The van der Waals surface area contributed by atoms with Crippen LogP contribution < -0.4 is 15.2 Å². The third-order valence-electron chi connectivity index (χ3n) is 4.65. The van der Waals surface area contributed by atoms with Crippen molar-refractivity contribution in [1.82, 2.24) is 4.90 Å². The van der Waals surface area contributed by atoms with E-state index >= 15 is 0 Å². The molecule has 2 aliphatic heterocycles. The van der Waals surface area contributed by atoms with Crippen LogP contribution >= 0.6 is 11.6 Å². The van der Waals surface area contributed by atoms with Gasteiger partial charge in [-0.2, -0.15) is 0 Å². The monoisotopic (exact) mass is 338 g/mol. The number of amides is 1. The van der Waals surface area contributed by atoms with Crippen molar-refractivity contribution >= 4 is 17.5 Å². The number of likely N-dealkylation sites (tertiary alicyclic amines) is 1. The molecule has 6 heteroatoms. The molecular formula is C17H23ClN2O3. The summed E-state index contributed by atoms with van der Waals surface area (Å²) in [5.41, 5.74) is 6.81. The number of hydrogen-bond acceptors (Lipinski definition) is 4. The molecule has 1 amide bonds. The zero-order chi connectivity index (χ0) is 16.4. The summed E-state index contributed by atoms with van der Waals surface area (Å²) in [5.74, 6) is 1.85. The van der Waals surface area contributed by atoms with Crippen LogP contribution in [0.5, 0.6) is 11.5 Å². The molecule has 0 aromatic heterocycles. The summed E-state index contributed by atoms with van der Waals surface area (Å²) in [6.07, 6.45) is 2.29. The maximum atomic E-state index is 12.5. The van der Waals surface area contributed by atoms with E-state index in [9.17, 15) is 4.79 Å². The molecule has 3 rings (SSSR count). The van der Waals surface area contributed by atoms with Gasteiger partial charge in [0.15, 0.2) is 11.5 Å². The molecule has 0 aliphatic carbocycles. The van der Waals surface area contributed by atoms with E-state index in [2.05, 4.69) is 0 Å². The van der Waals surface area contributed by atoms with Crippen LogP contribution in [0.4, 0.5) is 0 Å². The molecular weight excluding hydrogens is 316 g/mol. The van der Waals surface area contributed by atoms with Gasteiger partial charge in [-0.05, 0) is 43.4 Å². The fraction of sp³-hybridized carbons (Fsp3) is 0.588. The number of nitrogens with zero attached hydrogens (tertiary/aromatic N) is 1. The van der Waals surface area contributed by atoms with E-state index in [1.807, 2.05) is 17.9 Å². The van der Waals surface area contributed by atoms with Gasteiger partial charge >= 0.3 is 0 Å². The summed E-state index contributed by atoms with van der Waals surface area (Å²) in [4.78, 5) is 14.4. The van der Waals surface area contributed by atoms with E-state index < -0.39 is 0 Å². The van der Waals surface area contributed by atoms with Gasteiger partial charge in [0.25, 0.3) is 0 Å². The van der Waals surface area contributed by atoms with Crippen molar-refractivity contribution in [2.24, 2.45) is 11.7 Å². The van der Waals surface area contributed by atoms with Crippen LogP contribution in [0.2, 0.25) is 5.02 Å². The number of benzene rings is 1. The lowest BCUT2D eigenvalue weighted by molar-refractivity contribution is -0.131. The minimum atomic E-state index is 0.126. The Morgan fingerprint density at radius 3 is 2.74 bits per heavy atom. The summed E-state index contributed by atoms with van der Waals surface area (Å²) in [7, 11) is 0. The highest BCUT2D eigenvalue weighted by atomic mass is 35.5. The molecule has 126 valence electrons. The van der Waals surface area contributed by atoms with Crippen LogP contribution in [-0.4, -0.2) is 43.2 Å². The van der Waals surface area contributed by atoms with E-state index in [-0.39, 0.29) is 11.9 Å². The lowest BCUT2D eigenvalue weighted by Crippen LogP contribution is -2.43. The van der Waals surface area contributed by atoms with Crippen molar-refractivity contribution in [3.8, 4) is 11.5 Å². The Morgan fingerprint density at radius 1 is 1.35 bits per heavy atom. The number of carbonyl (C=O) groups excluding carboxylic acids is 1. The number of fused-ring (bicyclic) bond motifs is 1. The van der Waals surface area contributed by atoms with E-state index in [0.717, 1.165) is 31.5 Å². The minimum absolute atomic E-state index is 0.126. The lowest BCUT2D eigenvalue weighted by atomic mass is 9.91. The molecule has 1 aromatic carbocycles. The summed E-state index contributed by atoms with van der Waals surface area (Å²) in [6.45, 7) is 4.61. The molecule has 0 radical (unpaired) electrons. The normalized spacial score (nSPS) is 19.5. The Hall–Kier alpha value is -1.46. The van der Waals surface area contributed by atoms with Gasteiger partial charge in [0.05, 0.1) is 11.4 Å². The molecule has 2 aliphatic rings. The molecule has 0 bridgehead atoms. The van der Waals surface area contributed by atoms with Crippen molar-refractivity contribution in [2.45, 2.75) is 32.2 Å². The summed E-state index contributed by atoms with van der Waals surface area (Å²) >= 11 is 6.23. The standard InChI is InChI=1S/C17H23ClN2O3/c1-11(19)13-2-4-20(5-3-13)16(21)10-12-8-14(18)17-15(9-12)22-6-7-23-17/h8-9,11,13H,2-7,10,19H2,1H3. The van der Waals surface area contributed by atoms with E-state index in [1.54, 1.807) is 6.07 Å². The van der Waals surface area contributed by atoms with E-state index in [1.165, 1.54) is 0 Å². The Labute approximate surface area is 141 Å². The highest BCUT2D eigenvalue weighted by molar-refractivity contribution is 6.32. The Kier molecular flexibility index (Phi) is 4.97. The molecule has 5 nitrogen and oxygen atoms in total. The van der Waals surface area contributed by atoms with Gasteiger partial charge in [-0.25, -0.2) is 0 Å². The van der Waals surface area contributed by atoms with Crippen molar-refractivity contribution < 1.29 is 14.3 Å². The number of rotatable bonds is 3. The first-order valence-electron chi connectivity index (χ1n) is 8.16. The van der Waals surface area contributed by atoms with Gasteiger partial charge in [-0.15, -0.1) is 0 Å². The second-order valence-corrected chi connectivity index (χ2v) is 6.76. The van der Waals surface area contributed by atoms with E-state index in [4.69, 9.17) is 26.8 Å². The molecule has 0 spiro atoms. The van der Waals surface area contributed by atoms with Crippen LogP contribution in [0, 0.1) is 5.92 Å². The van der Waals surface area contributed by atoms with Crippen molar-refractivity contribution in [3.05, 3.63) is 22.7 Å². The first-order chi connectivity index (χ1) is 11.0. The van der Waals surface area contributed by atoms with Gasteiger partial charge < -0.3 is 20.1 Å². The van der Waals surface area contributed by atoms with Crippen molar-refractivity contribution in [1.29, 1.82) is 0 Å². The second-order valence-electron chi connectivity index (χ2n) is 6.36. The van der Waals surface area contributed by atoms with Gasteiger partial charge in [-0.1, -0.05) is 11.6 Å². The third-order valence-corrected chi connectivity index (χ3v) is 4.93. The fourth-order valence-corrected chi connectivity index (χ4v) is 3.52. The van der Waals surface area contributed by atoms with Crippen LogP contribution in [0.15, 0.2) is 12.1 Å². The molecule has 1 aromatic rings. The number of halogens is 1. The summed E-state index contributed by atoms with van der Waals surface area (Å²) < 4.78 is 11.1. The predicted molar refractivity (Wildman–Crippen MR) is 89.1 cm³/mol. The van der Waals surface area contributed by atoms with Gasteiger partial charge in [0.1, 0.15) is 13.2 Å². The highest BCUT2D eigenvalue weighted by Gasteiger charge is 2.25. The first kappa shape index (κ1) is 16.4. The molecule has 1 saturated heterocycles.